The predicted molar refractivity (Wildman–Crippen MR) is 92.3 cm³/mol. The third-order valence-electron chi connectivity index (χ3n) is 3.79. The van der Waals surface area contributed by atoms with Crippen LogP contribution in [0.15, 0.2) is 4.21 Å². The first-order valence-electron chi connectivity index (χ1n) is 7.71. The molecule has 0 aromatic carbocycles. The molecule has 0 bridgehead atoms. The maximum atomic E-state index is 12.4. The molecule has 1 aromatic heterocycles. The Kier molecular flexibility index (Phi) is 6.48. The van der Waals surface area contributed by atoms with Crippen LogP contribution in [0.5, 0.6) is 0 Å². The molecular weight excluding hydrogens is 332 g/mol. The number of hydrogen-bond donors (Lipinski definition) is 1. The summed E-state index contributed by atoms with van der Waals surface area (Å²) < 4.78 is 5.57. The van der Waals surface area contributed by atoms with E-state index in [1.54, 1.807) is 6.92 Å². The lowest BCUT2D eigenvalue weighted by Crippen LogP contribution is -2.24. The van der Waals surface area contributed by atoms with E-state index in [4.69, 9.17) is 4.74 Å². The third-order valence-corrected chi connectivity index (χ3v) is 6.10. The van der Waals surface area contributed by atoms with Crippen molar-refractivity contribution in [3.63, 3.8) is 0 Å². The Balaban J connectivity index is 2.36. The Morgan fingerprint density at radius 2 is 2.09 bits per heavy atom. The molecule has 0 unspecified atom stereocenters. The lowest BCUT2D eigenvalue weighted by atomic mass is 9.95. The zero-order valence-corrected chi connectivity index (χ0v) is 14.9. The standard InChI is InChI=1S/C16H20N2O3S2/c1-3-21-15(20)13(19)14-12(11(9-17)16(22-2)23-14)18-10-7-5-4-6-8-10/h10,18H,3-8H2,1-2H3. The molecule has 0 amide bonds. The van der Waals surface area contributed by atoms with Gasteiger partial charge in [0, 0.05) is 6.04 Å². The van der Waals surface area contributed by atoms with Crippen LogP contribution in [0.25, 0.3) is 0 Å². The summed E-state index contributed by atoms with van der Waals surface area (Å²) in [7, 11) is 0. The number of hydrogen-bond acceptors (Lipinski definition) is 7. The number of carbonyl (C=O) groups is 2. The molecule has 23 heavy (non-hydrogen) atoms. The molecule has 0 spiro atoms. The summed E-state index contributed by atoms with van der Waals surface area (Å²) in [6.07, 6.45) is 7.39. The molecule has 0 radical (unpaired) electrons. The highest BCUT2D eigenvalue weighted by Gasteiger charge is 2.29. The number of rotatable bonds is 6. The first-order chi connectivity index (χ1) is 11.1. The SMILES string of the molecule is CCOC(=O)C(=O)c1sc(SC)c(C#N)c1NC1CCCCC1. The van der Waals surface area contributed by atoms with Crippen LogP contribution in [0.3, 0.4) is 0 Å². The smallest absolute Gasteiger partial charge is 0.380 e. The van der Waals surface area contributed by atoms with E-state index in [1.165, 1.54) is 29.5 Å². The van der Waals surface area contributed by atoms with Crippen LogP contribution in [0, 0.1) is 11.3 Å². The minimum absolute atomic E-state index is 0.155. The Hall–Kier alpha value is -1.52. The molecule has 0 saturated heterocycles. The average Bonchev–Trinajstić information content (AvgIpc) is 2.92. The second kappa shape index (κ2) is 8.37. The molecule has 1 saturated carbocycles. The highest BCUT2D eigenvalue weighted by Crippen LogP contribution is 2.40. The van der Waals surface area contributed by atoms with Gasteiger partial charge < -0.3 is 10.1 Å². The van der Waals surface area contributed by atoms with Crippen molar-refractivity contribution in [3.8, 4) is 6.07 Å². The van der Waals surface area contributed by atoms with Gasteiger partial charge in [-0.05, 0) is 26.0 Å². The Morgan fingerprint density at radius 1 is 1.39 bits per heavy atom. The van der Waals surface area contributed by atoms with E-state index in [1.807, 2.05) is 6.26 Å². The minimum Gasteiger partial charge on any atom is -0.460 e. The van der Waals surface area contributed by atoms with Crippen LogP contribution >= 0.6 is 23.1 Å². The monoisotopic (exact) mass is 352 g/mol. The van der Waals surface area contributed by atoms with Crippen molar-refractivity contribution in [1.29, 1.82) is 5.26 Å². The third kappa shape index (κ3) is 4.06. The fourth-order valence-corrected chi connectivity index (χ4v) is 4.50. The van der Waals surface area contributed by atoms with Gasteiger partial charge in [-0.25, -0.2) is 4.79 Å². The second-order valence-corrected chi connectivity index (χ2v) is 7.41. The first-order valence-corrected chi connectivity index (χ1v) is 9.75. The molecule has 124 valence electrons. The number of ether oxygens (including phenoxy) is 1. The van der Waals surface area contributed by atoms with Gasteiger partial charge in [0.25, 0.3) is 5.78 Å². The van der Waals surface area contributed by atoms with E-state index in [-0.39, 0.29) is 17.5 Å². The molecule has 0 atom stereocenters. The number of ketones is 1. The summed E-state index contributed by atoms with van der Waals surface area (Å²) >= 11 is 2.60. The van der Waals surface area contributed by atoms with Crippen molar-refractivity contribution in [2.45, 2.75) is 49.3 Å². The quantitative estimate of drug-likeness (QED) is 0.363. The van der Waals surface area contributed by atoms with E-state index >= 15 is 0 Å². The number of nitrogens with one attached hydrogen (secondary N) is 1. The van der Waals surface area contributed by atoms with Crippen LogP contribution in [0.4, 0.5) is 5.69 Å². The average molecular weight is 352 g/mol. The van der Waals surface area contributed by atoms with Crippen LogP contribution in [-0.4, -0.2) is 30.7 Å². The van der Waals surface area contributed by atoms with Gasteiger partial charge in [0.15, 0.2) is 0 Å². The van der Waals surface area contributed by atoms with Gasteiger partial charge in [0.2, 0.25) is 0 Å². The van der Waals surface area contributed by atoms with Gasteiger partial charge in [-0.15, -0.1) is 23.1 Å². The summed E-state index contributed by atoms with van der Waals surface area (Å²) in [6.45, 7) is 1.82. The second-order valence-electron chi connectivity index (χ2n) is 5.31. The lowest BCUT2D eigenvalue weighted by Gasteiger charge is -2.24. The summed E-state index contributed by atoms with van der Waals surface area (Å²) in [4.78, 5) is 24.5. The number of anilines is 1. The van der Waals surface area contributed by atoms with Crippen molar-refractivity contribution in [3.05, 3.63) is 10.4 Å². The van der Waals surface area contributed by atoms with Crippen molar-refractivity contribution in [1.82, 2.24) is 0 Å². The normalized spacial score (nSPS) is 15.0. The number of esters is 1. The Morgan fingerprint density at radius 3 is 2.65 bits per heavy atom. The van der Waals surface area contributed by atoms with Crippen LogP contribution in [-0.2, 0) is 9.53 Å². The molecule has 1 aliphatic carbocycles. The van der Waals surface area contributed by atoms with Crippen molar-refractivity contribution < 1.29 is 14.3 Å². The van der Waals surface area contributed by atoms with Crippen LogP contribution < -0.4 is 5.32 Å². The number of thioether (sulfide) groups is 1. The molecule has 1 heterocycles. The fourth-order valence-electron chi connectivity index (χ4n) is 2.69. The van der Waals surface area contributed by atoms with Gasteiger partial charge in [-0.2, -0.15) is 5.26 Å². The van der Waals surface area contributed by atoms with Gasteiger partial charge in [0.1, 0.15) is 16.5 Å². The number of Topliss-reactive ketones (excluding diaryl/α,β-unsaturated/α-hetero) is 1. The molecule has 1 aliphatic rings. The number of nitrogens with zero attached hydrogens (tertiary/aromatic N) is 1. The predicted octanol–water partition coefficient (Wildman–Crippen LogP) is 3.83. The maximum Gasteiger partial charge on any atom is 0.380 e. The zero-order valence-electron chi connectivity index (χ0n) is 13.3. The maximum absolute atomic E-state index is 12.4. The van der Waals surface area contributed by atoms with Gasteiger partial charge in [-0.1, -0.05) is 19.3 Å². The topological polar surface area (TPSA) is 79.2 Å². The summed E-state index contributed by atoms with van der Waals surface area (Å²) in [5, 5.41) is 12.8. The van der Waals surface area contributed by atoms with Crippen molar-refractivity contribution in [2.24, 2.45) is 0 Å². The van der Waals surface area contributed by atoms with E-state index in [9.17, 15) is 14.9 Å². The minimum atomic E-state index is -0.863. The molecule has 1 aromatic rings. The summed E-state index contributed by atoms with van der Waals surface area (Å²) in [5.74, 6) is -1.54. The molecule has 5 nitrogen and oxygen atoms in total. The molecule has 2 rings (SSSR count). The molecule has 7 heteroatoms. The largest absolute Gasteiger partial charge is 0.460 e. The highest BCUT2D eigenvalue weighted by molar-refractivity contribution is 8.00. The van der Waals surface area contributed by atoms with Crippen molar-refractivity contribution >= 4 is 40.5 Å². The number of nitriles is 1. The highest BCUT2D eigenvalue weighted by atomic mass is 32.2. The molecule has 0 aliphatic heterocycles. The Bertz CT molecular complexity index is 628. The summed E-state index contributed by atoms with van der Waals surface area (Å²) in [5.41, 5.74) is 0.965. The zero-order chi connectivity index (χ0) is 16.8. The summed E-state index contributed by atoms with van der Waals surface area (Å²) in [6, 6.07) is 2.42. The Labute approximate surface area is 144 Å². The number of carbonyl (C=O) groups excluding carboxylic acids is 2. The first kappa shape index (κ1) is 17.8. The molecule has 1 N–H and O–H groups in total. The van der Waals surface area contributed by atoms with E-state index < -0.39 is 11.8 Å². The molecular formula is C16H20N2O3S2. The van der Waals surface area contributed by atoms with Gasteiger partial charge in [0.05, 0.1) is 16.5 Å². The van der Waals surface area contributed by atoms with Gasteiger partial charge in [-0.3, -0.25) is 4.79 Å². The van der Waals surface area contributed by atoms with Crippen LogP contribution in [0.2, 0.25) is 0 Å². The van der Waals surface area contributed by atoms with E-state index in [0.29, 0.717) is 11.3 Å². The van der Waals surface area contributed by atoms with E-state index in [2.05, 4.69) is 11.4 Å². The number of thiophene rings is 1. The van der Waals surface area contributed by atoms with Gasteiger partial charge >= 0.3 is 5.97 Å². The van der Waals surface area contributed by atoms with E-state index in [0.717, 1.165) is 29.9 Å². The fraction of sp³-hybridized carbons (Fsp3) is 0.562. The van der Waals surface area contributed by atoms with Crippen LogP contribution in [0.1, 0.15) is 54.3 Å². The van der Waals surface area contributed by atoms with Crippen molar-refractivity contribution in [2.75, 3.05) is 18.2 Å². The molecule has 1 fully saturated rings. The lowest BCUT2D eigenvalue weighted by molar-refractivity contribution is -0.137.